The third kappa shape index (κ3) is 6.04. The molecule has 0 heterocycles. The number of nitrogens with one attached hydrogen (secondary N) is 1. The lowest BCUT2D eigenvalue weighted by Gasteiger charge is -2.07. The molecule has 0 aliphatic heterocycles. The molecule has 2 aromatic rings. The quantitative estimate of drug-likeness (QED) is 0.732. The number of esters is 1. The van der Waals surface area contributed by atoms with Gasteiger partial charge >= 0.3 is 5.97 Å². The molecule has 0 radical (unpaired) electrons. The summed E-state index contributed by atoms with van der Waals surface area (Å²) in [6.45, 7) is -0.294. The monoisotopic (exact) mass is 391 g/mol. The van der Waals surface area contributed by atoms with Crippen LogP contribution in [0.5, 0.6) is 5.75 Å². The van der Waals surface area contributed by atoms with Crippen molar-refractivity contribution in [3.05, 3.63) is 58.6 Å². The Labute approximate surface area is 149 Å². The van der Waals surface area contributed by atoms with E-state index >= 15 is 0 Å². The SMILES string of the molecule is COc1ccc(CCC(=O)OCC(=O)Nc2ccc(Br)cc2)cc1. The number of amides is 1. The van der Waals surface area contributed by atoms with E-state index in [-0.39, 0.29) is 18.9 Å². The first-order valence-corrected chi connectivity index (χ1v) is 8.20. The van der Waals surface area contributed by atoms with E-state index in [9.17, 15) is 9.59 Å². The zero-order chi connectivity index (χ0) is 17.4. The molecule has 1 amide bonds. The number of benzene rings is 2. The Balaban J connectivity index is 1.70. The molecule has 2 aromatic carbocycles. The van der Waals surface area contributed by atoms with E-state index in [1.807, 2.05) is 36.4 Å². The molecule has 0 saturated carbocycles. The molecule has 2 rings (SSSR count). The Morgan fingerprint density at radius 1 is 1.04 bits per heavy atom. The summed E-state index contributed by atoms with van der Waals surface area (Å²) < 4.78 is 11.0. The van der Waals surface area contributed by atoms with Crippen molar-refractivity contribution in [2.24, 2.45) is 0 Å². The van der Waals surface area contributed by atoms with Crippen LogP contribution in [-0.2, 0) is 20.7 Å². The third-order valence-corrected chi connectivity index (χ3v) is 3.80. The maximum atomic E-state index is 11.7. The van der Waals surface area contributed by atoms with Gasteiger partial charge in [-0.25, -0.2) is 0 Å². The summed E-state index contributed by atoms with van der Waals surface area (Å²) in [5, 5.41) is 2.66. The molecule has 24 heavy (non-hydrogen) atoms. The van der Waals surface area contributed by atoms with Crippen molar-refractivity contribution in [1.82, 2.24) is 0 Å². The van der Waals surface area contributed by atoms with Gasteiger partial charge in [-0.15, -0.1) is 0 Å². The Morgan fingerprint density at radius 3 is 2.33 bits per heavy atom. The standard InChI is InChI=1S/C18H18BrNO4/c1-23-16-9-2-13(3-10-16)4-11-18(22)24-12-17(21)20-15-7-5-14(19)6-8-15/h2-3,5-10H,4,11-12H2,1H3,(H,20,21). The molecule has 0 unspecified atom stereocenters. The summed E-state index contributed by atoms with van der Waals surface area (Å²) in [6, 6.07) is 14.6. The number of carbonyl (C=O) groups excluding carboxylic acids is 2. The van der Waals surface area contributed by atoms with Crippen LogP contribution in [0.4, 0.5) is 5.69 Å². The number of ether oxygens (including phenoxy) is 2. The molecule has 126 valence electrons. The summed E-state index contributed by atoms with van der Waals surface area (Å²) >= 11 is 3.32. The first kappa shape index (κ1) is 18.0. The number of carbonyl (C=O) groups is 2. The summed E-state index contributed by atoms with van der Waals surface area (Å²) in [4.78, 5) is 23.4. The first-order chi connectivity index (χ1) is 11.6. The Morgan fingerprint density at radius 2 is 1.71 bits per heavy atom. The van der Waals surface area contributed by atoms with Gasteiger partial charge in [0.1, 0.15) is 5.75 Å². The largest absolute Gasteiger partial charge is 0.497 e. The van der Waals surface area contributed by atoms with E-state index in [2.05, 4.69) is 21.2 Å². The second-order valence-corrected chi connectivity index (χ2v) is 5.98. The van der Waals surface area contributed by atoms with Crippen LogP contribution < -0.4 is 10.1 Å². The molecule has 6 heteroatoms. The summed E-state index contributed by atoms with van der Waals surface area (Å²) in [5.41, 5.74) is 1.66. The number of aryl methyl sites for hydroxylation is 1. The van der Waals surface area contributed by atoms with E-state index in [1.165, 1.54) is 0 Å². The second kappa shape index (κ2) is 9.08. The van der Waals surface area contributed by atoms with E-state index in [4.69, 9.17) is 9.47 Å². The van der Waals surface area contributed by atoms with Crippen LogP contribution >= 0.6 is 15.9 Å². The minimum absolute atomic E-state index is 0.220. The summed E-state index contributed by atoms with van der Waals surface area (Å²) in [6.07, 6.45) is 0.773. The van der Waals surface area contributed by atoms with Gasteiger partial charge in [0.15, 0.2) is 6.61 Å². The van der Waals surface area contributed by atoms with Crippen molar-refractivity contribution in [1.29, 1.82) is 0 Å². The number of halogens is 1. The minimum atomic E-state index is -0.406. The van der Waals surface area contributed by atoms with Gasteiger partial charge in [-0.1, -0.05) is 28.1 Å². The second-order valence-electron chi connectivity index (χ2n) is 5.06. The van der Waals surface area contributed by atoms with Crippen LogP contribution in [0.3, 0.4) is 0 Å². The molecule has 0 atom stereocenters. The number of methoxy groups -OCH3 is 1. The predicted molar refractivity (Wildman–Crippen MR) is 95.0 cm³/mol. The van der Waals surface area contributed by atoms with Crippen LogP contribution in [0, 0.1) is 0 Å². The molecule has 0 bridgehead atoms. The van der Waals surface area contributed by atoms with Gasteiger partial charge in [0, 0.05) is 16.6 Å². The Kier molecular flexibility index (Phi) is 6.81. The molecule has 5 nitrogen and oxygen atoms in total. The van der Waals surface area contributed by atoms with Crippen molar-refractivity contribution >= 4 is 33.5 Å². The highest BCUT2D eigenvalue weighted by Crippen LogP contribution is 2.14. The van der Waals surface area contributed by atoms with Crippen LogP contribution in [-0.4, -0.2) is 25.6 Å². The lowest BCUT2D eigenvalue weighted by molar-refractivity contribution is -0.147. The molecular weight excluding hydrogens is 374 g/mol. The molecule has 0 aliphatic carbocycles. The van der Waals surface area contributed by atoms with Crippen molar-refractivity contribution in [3.8, 4) is 5.75 Å². The van der Waals surface area contributed by atoms with Crippen molar-refractivity contribution in [2.45, 2.75) is 12.8 Å². The highest BCUT2D eigenvalue weighted by Gasteiger charge is 2.08. The van der Waals surface area contributed by atoms with Crippen molar-refractivity contribution in [2.75, 3.05) is 19.0 Å². The summed E-state index contributed by atoms with van der Waals surface area (Å²) in [7, 11) is 1.60. The normalized spacial score (nSPS) is 10.1. The van der Waals surface area contributed by atoms with Crippen LogP contribution in [0.15, 0.2) is 53.0 Å². The fourth-order valence-electron chi connectivity index (χ4n) is 1.99. The zero-order valence-electron chi connectivity index (χ0n) is 13.3. The maximum Gasteiger partial charge on any atom is 0.306 e. The van der Waals surface area contributed by atoms with Crippen LogP contribution in [0.25, 0.3) is 0 Å². The first-order valence-electron chi connectivity index (χ1n) is 7.41. The van der Waals surface area contributed by atoms with Crippen molar-refractivity contribution in [3.63, 3.8) is 0 Å². The molecule has 0 saturated heterocycles. The average molecular weight is 392 g/mol. The van der Waals surface area contributed by atoms with E-state index in [0.717, 1.165) is 15.8 Å². The molecular formula is C18H18BrNO4. The number of anilines is 1. The fourth-order valence-corrected chi connectivity index (χ4v) is 2.25. The lowest BCUT2D eigenvalue weighted by Crippen LogP contribution is -2.21. The van der Waals surface area contributed by atoms with E-state index in [0.29, 0.717) is 12.1 Å². The Hall–Kier alpha value is -2.34. The van der Waals surface area contributed by atoms with E-state index < -0.39 is 5.97 Å². The Bertz CT molecular complexity index is 683. The topological polar surface area (TPSA) is 64.6 Å². The van der Waals surface area contributed by atoms with Crippen LogP contribution in [0.2, 0.25) is 0 Å². The predicted octanol–water partition coefficient (Wildman–Crippen LogP) is 3.57. The molecule has 0 aromatic heterocycles. The van der Waals surface area contributed by atoms with Gasteiger partial charge in [0.2, 0.25) is 0 Å². The van der Waals surface area contributed by atoms with Gasteiger partial charge in [-0.2, -0.15) is 0 Å². The maximum absolute atomic E-state index is 11.7. The smallest absolute Gasteiger partial charge is 0.306 e. The molecule has 0 spiro atoms. The van der Waals surface area contributed by atoms with Gasteiger partial charge in [-0.05, 0) is 48.4 Å². The third-order valence-electron chi connectivity index (χ3n) is 3.27. The van der Waals surface area contributed by atoms with Crippen molar-refractivity contribution < 1.29 is 19.1 Å². The van der Waals surface area contributed by atoms with Gasteiger partial charge < -0.3 is 14.8 Å². The number of hydrogen-bond donors (Lipinski definition) is 1. The summed E-state index contributed by atoms with van der Waals surface area (Å²) in [5.74, 6) is -0.00201. The van der Waals surface area contributed by atoms with E-state index in [1.54, 1.807) is 19.2 Å². The number of hydrogen-bond acceptors (Lipinski definition) is 4. The fraction of sp³-hybridized carbons (Fsp3) is 0.222. The number of rotatable bonds is 7. The highest BCUT2D eigenvalue weighted by molar-refractivity contribution is 9.10. The zero-order valence-corrected chi connectivity index (χ0v) is 14.8. The molecule has 0 aliphatic rings. The minimum Gasteiger partial charge on any atom is -0.497 e. The van der Waals surface area contributed by atoms with Gasteiger partial charge in [0.05, 0.1) is 7.11 Å². The molecule has 1 N–H and O–H groups in total. The van der Waals surface area contributed by atoms with Crippen LogP contribution in [0.1, 0.15) is 12.0 Å². The molecule has 0 fully saturated rings. The lowest BCUT2D eigenvalue weighted by atomic mass is 10.1. The van der Waals surface area contributed by atoms with Gasteiger partial charge in [0.25, 0.3) is 5.91 Å². The van der Waals surface area contributed by atoms with Gasteiger partial charge in [-0.3, -0.25) is 9.59 Å². The average Bonchev–Trinajstić information content (AvgIpc) is 2.60. The highest BCUT2D eigenvalue weighted by atomic mass is 79.9.